The third-order valence-corrected chi connectivity index (χ3v) is 2.42. The first-order valence-corrected chi connectivity index (χ1v) is 5.47. The van der Waals surface area contributed by atoms with Crippen molar-refractivity contribution in [3.63, 3.8) is 0 Å². The molecule has 0 aliphatic carbocycles. The molecule has 1 fully saturated rings. The van der Waals surface area contributed by atoms with Crippen LogP contribution in [0.5, 0.6) is 0 Å². The Bertz CT molecular complexity index is 120. The van der Waals surface area contributed by atoms with Gasteiger partial charge in [-0.2, -0.15) is 0 Å². The SMILES string of the molecule is CCOCN1CCN(COCC)CC1. The van der Waals surface area contributed by atoms with E-state index >= 15 is 0 Å². The number of nitrogens with zero attached hydrogens (tertiary/aromatic N) is 2. The summed E-state index contributed by atoms with van der Waals surface area (Å²) in [7, 11) is 0. The van der Waals surface area contributed by atoms with Crippen molar-refractivity contribution in [2.75, 3.05) is 52.9 Å². The van der Waals surface area contributed by atoms with E-state index in [2.05, 4.69) is 9.80 Å². The van der Waals surface area contributed by atoms with Gasteiger partial charge >= 0.3 is 0 Å². The molecule has 0 aromatic heterocycles. The highest BCUT2D eigenvalue weighted by atomic mass is 16.5. The Hall–Kier alpha value is -0.160. The molecule has 0 spiro atoms. The summed E-state index contributed by atoms with van der Waals surface area (Å²) in [5.74, 6) is 0. The van der Waals surface area contributed by atoms with Gasteiger partial charge in [0.05, 0.1) is 13.5 Å². The molecular formula is C10H22N2O2. The van der Waals surface area contributed by atoms with Crippen molar-refractivity contribution in [3.8, 4) is 0 Å². The lowest BCUT2D eigenvalue weighted by atomic mass is 10.3. The molecule has 0 N–H and O–H groups in total. The molecule has 1 saturated heterocycles. The van der Waals surface area contributed by atoms with Gasteiger partial charge in [-0.05, 0) is 13.8 Å². The van der Waals surface area contributed by atoms with Crippen LogP contribution in [0.4, 0.5) is 0 Å². The van der Waals surface area contributed by atoms with E-state index in [-0.39, 0.29) is 0 Å². The summed E-state index contributed by atoms with van der Waals surface area (Å²) >= 11 is 0. The van der Waals surface area contributed by atoms with Gasteiger partial charge in [0, 0.05) is 39.4 Å². The maximum Gasteiger partial charge on any atom is 0.0990 e. The predicted molar refractivity (Wildman–Crippen MR) is 56.1 cm³/mol. The summed E-state index contributed by atoms with van der Waals surface area (Å²) in [5, 5.41) is 0. The van der Waals surface area contributed by atoms with E-state index < -0.39 is 0 Å². The molecule has 0 atom stereocenters. The predicted octanol–water partition coefficient (Wildman–Crippen LogP) is 0.592. The van der Waals surface area contributed by atoms with Crippen molar-refractivity contribution < 1.29 is 9.47 Å². The van der Waals surface area contributed by atoms with Gasteiger partial charge in [-0.3, -0.25) is 9.80 Å². The first kappa shape index (κ1) is 11.9. The van der Waals surface area contributed by atoms with E-state index in [1.165, 1.54) is 0 Å². The van der Waals surface area contributed by atoms with Gasteiger partial charge in [-0.15, -0.1) is 0 Å². The van der Waals surface area contributed by atoms with Crippen molar-refractivity contribution >= 4 is 0 Å². The number of piperazine rings is 1. The van der Waals surface area contributed by atoms with E-state index in [0.717, 1.165) is 52.9 Å². The second kappa shape index (κ2) is 7.17. The molecule has 0 aromatic rings. The topological polar surface area (TPSA) is 24.9 Å². The quantitative estimate of drug-likeness (QED) is 0.629. The Morgan fingerprint density at radius 2 is 1.14 bits per heavy atom. The molecule has 1 aliphatic rings. The standard InChI is InChI=1S/C10H22N2O2/c1-3-13-9-11-5-7-12(8-6-11)10-14-4-2/h3-10H2,1-2H3. The molecule has 0 bridgehead atoms. The smallest absolute Gasteiger partial charge is 0.0990 e. The van der Waals surface area contributed by atoms with Crippen LogP contribution in [0.15, 0.2) is 0 Å². The molecule has 0 radical (unpaired) electrons. The van der Waals surface area contributed by atoms with Gasteiger partial charge in [0.1, 0.15) is 0 Å². The molecule has 1 aliphatic heterocycles. The minimum atomic E-state index is 0.777. The van der Waals surface area contributed by atoms with Gasteiger partial charge in [-0.1, -0.05) is 0 Å². The lowest BCUT2D eigenvalue weighted by Gasteiger charge is -2.33. The largest absolute Gasteiger partial charge is 0.366 e. The maximum absolute atomic E-state index is 5.37. The van der Waals surface area contributed by atoms with Crippen molar-refractivity contribution in [1.29, 1.82) is 0 Å². The van der Waals surface area contributed by atoms with Gasteiger partial charge < -0.3 is 9.47 Å². The summed E-state index contributed by atoms with van der Waals surface area (Å²) in [6.07, 6.45) is 0. The second-order valence-electron chi connectivity index (χ2n) is 3.48. The Morgan fingerprint density at radius 3 is 1.43 bits per heavy atom. The van der Waals surface area contributed by atoms with Crippen LogP contribution in [-0.4, -0.2) is 62.7 Å². The third kappa shape index (κ3) is 4.37. The van der Waals surface area contributed by atoms with Crippen molar-refractivity contribution in [2.45, 2.75) is 13.8 Å². The number of hydrogen-bond donors (Lipinski definition) is 0. The van der Waals surface area contributed by atoms with Crippen molar-refractivity contribution in [3.05, 3.63) is 0 Å². The summed E-state index contributed by atoms with van der Waals surface area (Å²) in [4.78, 5) is 4.68. The summed E-state index contributed by atoms with van der Waals surface area (Å²) in [5.41, 5.74) is 0. The normalized spacial score (nSPS) is 20.1. The highest BCUT2D eigenvalue weighted by molar-refractivity contribution is 4.67. The first-order valence-electron chi connectivity index (χ1n) is 5.47. The Balaban J connectivity index is 2.05. The molecule has 1 heterocycles. The van der Waals surface area contributed by atoms with Gasteiger partial charge in [0.15, 0.2) is 0 Å². The van der Waals surface area contributed by atoms with E-state index in [4.69, 9.17) is 9.47 Å². The van der Waals surface area contributed by atoms with Gasteiger partial charge in [-0.25, -0.2) is 0 Å². The second-order valence-corrected chi connectivity index (χ2v) is 3.48. The summed E-state index contributed by atoms with van der Waals surface area (Å²) in [6, 6.07) is 0. The molecule has 0 unspecified atom stereocenters. The monoisotopic (exact) mass is 202 g/mol. The number of rotatable bonds is 6. The average Bonchev–Trinajstić information content (AvgIpc) is 2.25. The highest BCUT2D eigenvalue weighted by Gasteiger charge is 2.15. The van der Waals surface area contributed by atoms with Crippen LogP contribution < -0.4 is 0 Å². The van der Waals surface area contributed by atoms with E-state index in [1.807, 2.05) is 13.8 Å². The zero-order valence-corrected chi connectivity index (χ0v) is 9.37. The number of ether oxygens (including phenoxy) is 2. The molecule has 84 valence electrons. The van der Waals surface area contributed by atoms with Gasteiger partial charge in [0.2, 0.25) is 0 Å². The van der Waals surface area contributed by atoms with E-state index in [1.54, 1.807) is 0 Å². The van der Waals surface area contributed by atoms with Crippen LogP contribution in [0.1, 0.15) is 13.8 Å². The minimum absolute atomic E-state index is 0.777. The molecule has 0 amide bonds. The van der Waals surface area contributed by atoms with E-state index in [9.17, 15) is 0 Å². The molecule has 14 heavy (non-hydrogen) atoms. The molecular weight excluding hydrogens is 180 g/mol. The van der Waals surface area contributed by atoms with Crippen LogP contribution in [-0.2, 0) is 9.47 Å². The minimum Gasteiger partial charge on any atom is -0.366 e. The fourth-order valence-corrected chi connectivity index (χ4v) is 1.49. The lowest BCUT2D eigenvalue weighted by molar-refractivity contribution is -0.0277. The highest BCUT2D eigenvalue weighted by Crippen LogP contribution is 2.01. The van der Waals surface area contributed by atoms with Crippen LogP contribution in [0.3, 0.4) is 0 Å². The zero-order valence-electron chi connectivity index (χ0n) is 9.37. The van der Waals surface area contributed by atoms with Crippen molar-refractivity contribution in [2.24, 2.45) is 0 Å². The first-order chi connectivity index (χ1) is 6.86. The Labute approximate surface area is 86.8 Å². The summed E-state index contributed by atoms with van der Waals surface area (Å²) < 4.78 is 10.7. The van der Waals surface area contributed by atoms with Crippen LogP contribution in [0.25, 0.3) is 0 Å². The maximum atomic E-state index is 5.37. The van der Waals surface area contributed by atoms with Crippen LogP contribution in [0, 0.1) is 0 Å². The molecule has 0 saturated carbocycles. The molecule has 4 nitrogen and oxygen atoms in total. The van der Waals surface area contributed by atoms with E-state index in [0.29, 0.717) is 0 Å². The summed E-state index contributed by atoms with van der Waals surface area (Å²) in [6.45, 7) is 11.6. The zero-order chi connectivity index (χ0) is 10.2. The lowest BCUT2D eigenvalue weighted by Crippen LogP contribution is -2.47. The Kier molecular flexibility index (Phi) is 6.10. The average molecular weight is 202 g/mol. The molecule has 0 aromatic carbocycles. The fraction of sp³-hybridized carbons (Fsp3) is 1.00. The molecule has 1 rings (SSSR count). The van der Waals surface area contributed by atoms with Gasteiger partial charge in [0.25, 0.3) is 0 Å². The molecule has 4 heteroatoms. The van der Waals surface area contributed by atoms with Crippen LogP contribution >= 0.6 is 0 Å². The Morgan fingerprint density at radius 1 is 0.786 bits per heavy atom. The fourth-order valence-electron chi connectivity index (χ4n) is 1.49. The number of hydrogen-bond acceptors (Lipinski definition) is 4. The van der Waals surface area contributed by atoms with Crippen LogP contribution in [0.2, 0.25) is 0 Å². The third-order valence-electron chi connectivity index (χ3n) is 2.42. The van der Waals surface area contributed by atoms with Crippen molar-refractivity contribution in [1.82, 2.24) is 9.80 Å².